The van der Waals surface area contributed by atoms with E-state index in [1.807, 2.05) is 0 Å². The van der Waals surface area contributed by atoms with Gasteiger partial charge in [0.15, 0.2) is 0 Å². The fourth-order valence-corrected chi connectivity index (χ4v) is 4.85. The van der Waals surface area contributed by atoms with Crippen molar-refractivity contribution in [1.29, 1.82) is 0 Å². The van der Waals surface area contributed by atoms with Gasteiger partial charge >= 0.3 is 0 Å². The quantitative estimate of drug-likeness (QED) is 0.805. The lowest BCUT2D eigenvalue weighted by Gasteiger charge is -2.17. The smallest absolute Gasteiger partial charge is 0.266 e. The molecular formula is C16H18FN3O4S. The number of benzene rings is 1. The topological polar surface area (TPSA) is 85.5 Å². The molecule has 1 saturated heterocycles. The Morgan fingerprint density at radius 1 is 1.32 bits per heavy atom. The minimum Gasteiger partial charge on any atom is -0.497 e. The molecule has 1 aliphatic heterocycles. The molecule has 2 aliphatic rings. The van der Waals surface area contributed by atoms with Crippen LogP contribution in [0.3, 0.4) is 0 Å². The molecule has 2 fully saturated rings. The molecule has 25 heavy (non-hydrogen) atoms. The lowest BCUT2D eigenvalue weighted by atomic mass is 10.1. The molecule has 0 bridgehead atoms. The molecule has 0 spiro atoms. The van der Waals surface area contributed by atoms with E-state index < -0.39 is 15.7 Å². The predicted molar refractivity (Wildman–Crippen MR) is 87.2 cm³/mol. The van der Waals surface area contributed by atoms with E-state index in [1.165, 1.54) is 4.31 Å². The van der Waals surface area contributed by atoms with Crippen molar-refractivity contribution in [2.45, 2.75) is 30.2 Å². The second kappa shape index (κ2) is 5.77. The van der Waals surface area contributed by atoms with E-state index in [0.717, 1.165) is 0 Å². The highest BCUT2D eigenvalue weighted by atomic mass is 32.2. The summed E-state index contributed by atoms with van der Waals surface area (Å²) in [5, 5.41) is 3.48. The van der Waals surface area contributed by atoms with Gasteiger partial charge in [-0.25, -0.2) is 12.8 Å². The molecule has 1 unspecified atom stereocenters. The van der Waals surface area contributed by atoms with Crippen LogP contribution in [0.25, 0.3) is 11.4 Å². The Morgan fingerprint density at radius 3 is 2.68 bits per heavy atom. The maximum Gasteiger partial charge on any atom is 0.266 e. The summed E-state index contributed by atoms with van der Waals surface area (Å²) in [4.78, 5) is 4.15. The third-order valence-electron chi connectivity index (χ3n) is 4.65. The summed E-state index contributed by atoms with van der Waals surface area (Å²) in [7, 11) is -1.84. The number of aromatic nitrogens is 2. The molecule has 2 aromatic rings. The van der Waals surface area contributed by atoms with Crippen molar-refractivity contribution in [1.82, 2.24) is 14.4 Å². The van der Waals surface area contributed by atoms with Gasteiger partial charge in [-0.3, -0.25) is 0 Å². The summed E-state index contributed by atoms with van der Waals surface area (Å²) in [5.74, 6) is 0.774. The van der Waals surface area contributed by atoms with Gasteiger partial charge in [-0.1, -0.05) is 5.16 Å². The van der Waals surface area contributed by atoms with Crippen molar-refractivity contribution >= 4 is 10.0 Å². The predicted octanol–water partition coefficient (Wildman–Crippen LogP) is 2.11. The number of rotatable bonds is 5. The second-order valence-corrected chi connectivity index (χ2v) is 8.66. The van der Waals surface area contributed by atoms with E-state index in [9.17, 15) is 8.42 Å². The summed E-state index contributed by atoms with van der Waals surface area (Å²) < 4.78 is 51.2. The van der Waals surface area contributed by atoms with Crippen molar-refractivity contribution in [3.63, 3.8) is 0 Å². The lowest BCUT2D eigenvalue weighted by molar-refractivity contribution is 0.127. The molecule has 1 atom stereocenters. The van der Waals surface area contributed by atoms with Crippen LogP contribution in [0.5, 0.6) is 5.75 Å². The Kier molecular flexibility index (Phi) is 3.80. The van der Waals surface area contributed by atoms with Gasteiger partial charge in [0.1, 0.15) is 5.75 Å². The summed E-state index contributed by atoms with van der Waals surface area (Å²) in [6.07, 6.45) is 1.32. The number of halogens is 1. The first-order chi connectivity index (χ1) is 11.9. The number of hydrogen-bond acceptors (Lipinski definition) is 6. The number of nitrogens with zero attached hydrogens (tertiary/aromatic N) is 3. The molecule has 2 heterocycles. The maximum atomic E-state index is 15.2. The largest absolute Gasteiger partial charge is 0.497 e. The third-order valence-corrected chi connectivity index (χ3v) is 6.99. The van der Waals surface area contributed by atoms with Crippen LogP contribution in [-0.2, 0) is 15.7 Å². The summed E-state index contributed by atoms with van der Waals surface area (Å²) >= 11 is 0. The van der Waals surface area contributed by atoms with Crippen LogP contribution >= 0.6 is 0 Å². The third kappa shape index (κ3) is 2.91. The molecule has 4 rings (SSSR count). The number of ether oxygens (including phenoxy) is 1. The zero-order valence-corrected chi connectivity index (χ0v) is 14.5. The summed E-state index contributed by atoms with van der Waals surface area (Å²) in [6, 6.07) is 6.99. The standard InChI is InChI=1S/C16H18FN3O4S/c1-23-12-4-2-11(3-5-12)14-18-15(24-19-14)16(17)8-9-20(10-16)25(21,22)13-6-7-13/h2-5,13H,6-10H2,1H3. The molecule has 0 amide bonds. The van der Waals surface area contributed by atoms with Gasteiger partial charge in [-0.2, -0.15) is 9.29 Å². The molecular weight excluding hydrogens is 349 g/mol. The molecule has 7 nitrogen and oxygen atoms in total. The van der Waals surface area contributed by atoms with Gasteiger partial charge in [0.05, 0.1) is 18.9 Å². The SMILES string of the molecule is COc1ccc(-c2noc(C3(F)CCN(S(=O)(=O)C4CC4)C3)n2)cc1. The Hall–Kier alpha value is -2.00. The molecule has 9 heteroatoms. The van der Waals surface area contributed by atoms with E-state index in [0.29, 0.717) is 24.2 Å². The molecule has 1 aliphatic carbocycles. The Labute approximate surface area is 144 Å². The van der Waals surface area contributed by atoms with Crippen LogP contribution in [-0.4, -0.2) is 48.3 Å². The van der Waals surface area contributed by atoms with Crippen LogP contribution in [0.15, 0.2) is 28.8 Å². The molecule has 0 N–H and O–H groups in total. The molecule has 1 aromatic heterocycles. The van der Waals surface area contributed by atoms with E-state index in [-0.39, 0.29) is 36.5 Å². The fraction of sp³-hybridized carbons (Fsp3) is 0.500. The van der Waals surface area contributed by atoms with Gasteiger partial charge in [-0.05, 0) is 37.1 Å². The van der Waals surface area contributed by atoms with E-state index in [1.54, 1.807) is 31.4 Å². The molecule has 1 aromatic carbocycles. The molecule has 134 valence electrons. The van der Waals surface area contributed by atoms with Gasteiger partial charge < -0.3 is 9.26 Å². The Morgan fingerprint density at radius 2 is 2.04 bits per heavy atom. The van der Waals surface area contributed by atoms with Crippen molar-refractivity contribution in [3.8, 4) is 17.1 Å². The van der Waals surface area contributed by atoms with E-state index >= 15 is 4.39 Å². The second-order valence-electron chi connectivity index (χ2n) is 6.44. The maximum absolute atomic E-state index is 15.2. The van der Waals surface area contributed by atoms with E-state index in [4.69, 9.17) is 9.26 Å². The van der Waals surface area contributed by atoms with Crippen molar-refractivity contribution in [2.75, 3.05) is 20.2 Å². The highest BCUT2D eigenvalue weighted by molar-refractivity contribution is 7.90. The first kappa shape index (κ1) is 16.5. The van der Waals surface area contributed by atoms with Gasteiger partial charge in [0.2, 0.25) is 21.5 Å². The van der Waals surface area contributed by atoms with Crippen LogP contribution in [0.2, 0.25) is 0 Å². The van der Waals surface area contributed by atoms with Crippen LogP contribution in [0, 0.1) is 0 Å². The first-order valence-electron chi connectivity index (χ1n) is 8.09. The number of alkyl halides is 1. The number of hydrogen-bond donors (Lipinski definition) is 0. The van der Waals surface area contributed by atoms with Crippen molar-refractivity contribution < 1.29 is 22.1 Å². The number of sulfonamides is 1. The minimum atomic E-state index is -3.41. The number of methoxy groups -OCH3 is 1. The van der Waals surface area contributed by atoms with Crippen LogP contribution in [0.1, 0.15) is 25.2 Å². The normalized spacial score (nSPS) is 24.6. The van der Waals surface area contributed by atoms with Gasteiger partial charge in [0.25, 0.3) is 5.89 Å². The zero-order chi connectivity index (χ0) is 17.7. The Bertz CT molecular complexity index is 879. The lowest BCUT2D eigenvalue weighted by Crippen LogP contribution is -2.34. The Balaban J connectivity index is 1.55. The van der Waals surface area contributed by atoms with E-state index in [2.05, 4.69) is 10.1 Å². The monoisotopic (exact) mass is 367 g/mol. The van der Waals surface area contributed by atoms with Gasteiger partial charge in [-0.15, -0.1) is 0 Å². The highest BCUT2D eigenvalue weighted by Gasteiger charge is 2.51. The van der Waals surface area contributed by atoms with Crippen molar-refractivity contribution in [3.05, 3.63) is 30.2 Å². The fourth-order valence-electron chi connectivity index (χ4n) is 2.97. The molecule has 0 radical (unpaired) electrons. The average molecular weight is 367 g/mol. The summed E-state index contributed by atoms with van der Waals surface area (Å²) in [5.41, 5.74) is -1.28. The van der Waals surface area contributed by atoms with Gasteiger partial charge in [0, 0.05) is 18.5 Å². The minimum absolute atomic E-state index is 0.0171. The van der Waals surface area contributed by atoms with Crippen LogP contribution < -0.4 is 4.74 Å². The zero-order valence-electron chi connectivity index (χ0n) is 13.7. The first-order valence-corrected chi connectivity index (χ1v) is 9.59. The highest BCUT2D eigenvalue weighted by Crippen LogP contribution is 2.40. The van der Waals surface area contributed by atoms with Crippen molar-refractivity contribution in [2.24, 2.45) is 0 Å². The van der Waals surface area contributed by atoms with Crippen LogP contribution in [0.4, 0.5) is 4.39 Å². The summed E-state index contributed by atoms with van der Waals surface area (Å²) in [6.45, 7) is -0.133. The average Bonchev–Trinajstić information content (AvgIpc) is 3.22. The molecule has 1 saturated carbocycles.